The number of ether oxygens (including phenoxy) is 1. The molecule has 1 aromatic carbocycles. The maximum Gasteiger partial charge on any atom is 0.178 e. The summed E-state index contributed by atoms with van der Waals surface area (Å²) in [6.07, 6.45) is 0. The topological polar surface area (TPSA) is 33.2 Å². The lowest BCUT2D eigenvalue weighted by atomic mass is 10.3. The summed E-state index contributed by atoms with van der Waals surface area (Å²) in [4.78, 5) is 5.38. The van der Waals surface area contributed by atoms with Crippen molar-refractivity contribution in [1.29, 1.82) is 0 Å². The Morgan fingerprint density at radius 1 is 1.42 bits per heavy atom. The molecule has 0 amide bonds. The number of halogens is 1. The molecular formula is C13H18ClN3OS. The van der Waals surface area contributed by atoms with Gasteiger partial charge in [0.05, 0.1) is 22.7 Å². The molecule has 4 nitrogen and oxygen atoms in total. The van der Waals surface area contributed by atoms with E-state index in [0.717, 1.165) is 37.3 Å². The minimum Gasteiger partial charge on any atom is -0.383 e. The van der Waals surface area contributed by atoms with E-state index in [9.17, 15) is 0 Å². The van der Waals surface area contributed by atoms with Crippen LogP contribution in [0.4, 0.5) is 0 Å². The van der Waals surface area contributed by atoms with Crippen molar-refractivity contribution in [2.24, 2.45) is 0 Å². The number of rotatable bonds is 6. The summed E-state index contributed by atoms with van der Waals surface area (Å²) in [5, 5.41) is 0.704. The van der Waals surface area contributed by atoms with Crippen LogP contribution in [-0.2, 0) is 11.3 Å². The van der Waals surface area contributed by atoms with Crippen LogP contribution in [0.5, 0.6) is 0 Å². The Labute approximate surface area is 122 Å². The number of fused-ring (bicyclic) bond motifs is 1. The van der Waals surface area contributed by atoms with Crippen LogP contribution in [-0.4, -0.2) is 48.3 Å². The van der Waals surface area contributed by atoms with Crippen LogP contribution in [0.1, 0.15) is 0 Å². The van der Waals surface area contributed by atoms with E-state index in [1.165, 1.54) is 0 Å². The number of H-pyrrole nitrogens is 1. The number of hydrogen-bond acceptors (Lipinski definition) is 3. The first-order chi connectivity index (χ1) is 9.13. The number of aromatic amines is 1. The molecule has 1 N–H and O–H groups in total. The lowest BCUT2D eigenvalue weighted by Crippen LogP contribution is -2.26. The second kappa shape index (κ2) is 6.52. The van der Waals surface area contributed by atoms with Gasteiger partial charge < -0.3 is 19.2 Å². The second-order valence-electron chi connectivity index (χ2n) is 4.51. The number of aromatic nitrogens is 2. The molecule has 0 aliphatic heterocycles. The van der Waals surface area contributed by atoms with Crippen molar-refractivity contribution in [2.45, 2.75) is 6.54 Å². The fraction of sp³-hybridized carbons (Fsp3) is 0.462. The summed E-state index contributed by atoms with van der Waals surface area (Å²) >= 11 is 11.5. The van der Waals surface area contributed by atoms with Crippen LogP contribution in [0.3, 0.4) is 0 Å². The number of hydrogen-bond donors (Lipinski definition) is 1. The largest absolute Gasteiger partial charge is 0.383 e. The van der Waals surface area contributed by atoms with E-state index >= 15 is 0 Å². The zero-order valence-electron chi connectivity index (χ0n) is 11.1. The van der Waals surface area contributed by atoms with E-state index in [2.05, 4.69) is 21.5 Å². The van der Waals surface area contributed by atoms with Gasteiger partial charge in [0, 0.05) is 26.7 Å². The minimum atomic E-state index is 0.704. The summed E-state index contributed by atoms with van der Waals surface area (Å²) < 4.78 is 7.86. The number of imidazole rings is 1. The van der Waals surface area contributed by atoms with E-state index in [1.807, 2.05) is 18.2 Å². The number of nitrogens with zero attached hydrogens (tertiary/aromatic N) is 2. The van der Waals surface area contributed by atoms with Gasteiger partial charge in [-0.15, -0.1) is 0 Å². The normalized spacial score (nSPS) is 11.6. The molecule has 19 heavy (non-hydrogen) atoms. The van der Waals surface area contributed by atoms with Gasteiger partial charge in [0.25, 0.3) is 0 Å². The average molecular weight is 300 g/mol. The summed E-state index contributed by atoms with van der Waals surface area (Å²) in [7, 11) is 3.79. The number of methoxy groups -OCH3 is 1. The molecule has 1 aromatic heterocycles. The Hall–Kier alpha value is -0.880. The van der Waals surface area contributed by atoms with Crippen molar-refractivity contribution in [3.05, 3.63) is 28.0 Å². The standard InChI is InChI=1S/C13H18ClN3OS/c1-16(8-9-18-2)6-7-17-11-5-3-4-10(14)12(11)15-13(17)19/h3-5H,6-9H2,1-2H3,(H,15,19). The van der Waals surface area contributed by atoms with E-state index in [-0.39, 0.29) is 0 Å². The molecule has 0 fully saturated rings. The molecule has 2 aromatic rings. The van der Waals surface area contributed by atoms with Crippen molar-refractivity contribution in [3.63, 3.8) is 0 Å². The van der Waals surface area contributed by atoms with Crippen LogP contribution >= 0.6 is 23.8 Å². The second-order valence-corrected chi connectivity index (χ2v) is 5.31. The molecule has 0 aliphatic carbocycles. The van der Waals surface area contributed by atoms with Gasteiger partial charge in [-0.05, 0) is 31.4 Å². The van der Waals surface area contributed by atoms with Crippen LogP contribution in [0.2, 0.25) is 5.02 Å². The molecule has 0 saturated carbocycles. The third-order valence-corrected chi connectivity index (χ3v) is 3.78. The van der Waals surface area contributed by atoms with Gasteiger partial charge in [-0.1, -0.05) is 17.7 Å². The summed E-state index contributed by atoms with van der Waals surface area (Å²) in [6, 6.07) is 5.84. The highest BCUT2D eigenvalue weighted by Crippen LogP contribution is 2.22. The monoisotopic (exact) mass is 299 g/mol. The van der Waals surface area contributed by atoms with E-state index < -0.39 is 0 Å². The van der Waals surface area contributed by atoms with Crippen molar-refractivity contribution in [1.82, 2.24) is 14.5 Å². The first-order valence-corrected chi connectivity index (χ1v) is 6.96. The maximum absolute atomic E-state index is 6.16. The predicted octanol–water partition coefficient (Wildman–Crippen LogP) is 2.93. The molecule has 0 radical (unpaired) electrons. The fourth-order valence-corrected chi connectivity index (χ4v) is 2.51. The first-order valence-electron chi connectivity index (χ1n) is 6.18. The Morgan fingerprint density at radius 2 is 2.21 bits per heavy atom. The SMILES string of the molecule is COCCN(C)CCn1c(=S)[nH]c2c(Cl)cccc21. The molecular weight excluding hydrogens is 282 g/mol. The molecule has 0 aliphatic rings. The molecule has 1 heterocycles. The number of nitrogens with one attached hydrogen (secondary N) is 1. The van der Waals surface area contributed by atoms with Crippen LogP contribution in [0.25, 0.3) is 11.0 Å². The van der Waals surface area contributed by atoms with Crippen molar-refractivity contribution in [2.75, 3.05) is 33.9 Å². The van der Waals surface area contributed by atoms with Gasteiger partial charge in [-0.25, -0.2) is 0 Å². The average Bonchev–Trinajstić information content (AvgIpc) is 2.71. The molecule has 2 rings (SSSR count). The zero-order valence-corrected chi connectivity index (χ0v) is 12.7. The predicted molar refractivity (Wildman–Crippen MR) is 81.5 cm³/mol. The lowest BCUT2D eigenvalue weighted by molar-refractivity contribution is 0.159. The third kappa shape index (κ3) is 3.36. The number of para-hydroxylation sites is 1. The van der Waals surface area contributed by atoms with Gasteiger partial charge in [0.15, 0.2) is 4.77 Å². The van der Waals surface area contributed by atoms with Gasteiger partial charge in [0.2, 0.25) is 0 Å². The summed E-state index contributed by atoms with van der Waals surface area (Å²) in [5.41, 5.74) is 1.96. The van der Waals surface area contributed by atoms with Crippen molar-refractivity contribution < 1.29 is 4.74 Å². The van der Waals surface area contributed by atoms with E-state index in [1.54, 1.807) is 7.11 Å². The van der Waals surface area contributed by atoms with Gasteiger partial charge in [0.1, 0.15) is 0 Å². The number of benzene rings is 1. The van der Waals surface area contributed by atoms with Crippen LogP contribution in [0, 0.1) is 4.77 Å². The lowest BCUT2D eigenvalue weighted by Gasteiger charge is -2.16. The molecule has 0 saturated heterocycles. The van der Waals surface area contributed by atoms with Gasteiger partial charge in [-0.2, -0.15) is 0 Å². The summed E-state index contributed by atoms with van der Waals surface area (Å²) in [6.45, 7) is 3.39. The Balaban J connectivity index is 2.15. The van der Waals surface area contributed by atoms with Crippen LogP contribution < -0.4 is 0 Å². The zero-order chi connectivity index (χ0) is 13.8. The molecule has 0 unspecified atom stereocenters. The summed E-state index contributed by atoms with van der Waals surface area (Å²) in [5.74, 6) is 0. The fourth-order valence-electron chi connectivity index (χ4n) is 2.00. The molecule has 0 bridgehead atoms. The van der Waals surface area contributed by atoms with Crippen molar-refractivity contribution in [3.8, 4) is 0 Å². The smallest absolute Gasteiger partial charge is 0.178 e. The quantitative estimate of drug-likeness (QED) is 0.833. The molecule has 104 valence electrons. The van der Waals surface area contributed by atoms with Crippen LogP contribution in [0.15, 0.2) is 18.2 Å². The van der Waals surface area contributed by atoms with Crippen molar-refractivity contribution >= 4 is 34.9 Å². The van der Waals surface area contributed by atoms with Gasteiger partial charge >= 0.3 is 0 Å². The minimum absolute atomic E-state index is 0.704. The number of likely N-dealkylation sites (N-methyl/N-ethyl adjacent to an activating group) is 1. The Morgan fingerprint density at radius 3 is 2.95 bits per heavy atom. The molecule has 0 spiro atoms. The highest BCUT2D eigenvalue weighted by atomic mass is 35.5. The highest BCUT2D eigenvalue weighted by Gasteiger charge is 2.07. The maximum atomic E-state index is 6.16. The first kappa shape index (κ1) is 14.5. The molecule has 6 heteroatoms. The molecule has 0 atom stereocenters. The third-order valence-electron chi connectivity index (χ3n) is 3.14. The van der Waals surface area contributed by atoms with Gasteiger partial charge in [-0.3, -0.25) is 0 Å². The Bertz CT molecular complexity index is 607. The Kier molecular flexibility index (Phi) is 4.99. The van der Waals surface area contributed by atoms with E-state index in [4.69, 9.17) is 28.6 Å². The van der Waals surface area contributed by atoms with E-state index in [0.29, 0.717) is 9.79 Å². The highest BCUT2D eigenvalue weighted by molar-refractivity contribution is 7.71.